The SMILES string of the molecule is CCCCC=C(O)OC(O)=CCCCC. The van der Waals surface area contributed by atoms with E-state index in [4.69, 9.17) is 4.74 Å². The number of aliphatic hydroxyl groups is 2. The standard InChI is InChI=1S/C12H22O3/c1-3-5-7-9-11(13)15-12(14)10-8-6-4-2/h9-10,13-14H,3-8H2,1-2H3. The first-order valence-corrected chi connectivity index (χ1v) is 5.66. The molecule has 15 heavy (non-hydrogen) atoms. The Bertz CT molecular complexity index is 185. The molecule has 0 aliphatic rings. The average Bonchev–Trinajstić information content (AvgIpc) is 2.18. The van der Waals surface area contributed by atoms with Crippen LogP contribution in [0.25, 0.3) is 0 Å². The molecule has 0 aromatic rings. The average molecular weight is 214 g/mol. The van der Waals surface area contributed by atoms with Crippen molar-refractivity contribution in [1.82, 2.24) is 0 Å². The molecule has 3 nitrogen and oxygen atoms in total. The van der Waals surface area contributed by atoms with E-state index in [-0.39, 0.29) is 11.9 Å². The lowest BCUT2D eigenvalue weighted by Crippen LogP contribution is -1.92. The van der Waals surface area contributed by atoms with E-state index in [1.165, 1.54) is 0 Å². The fourth-order valence-electron chi connectivity index (χ4n) is 1.05. The smallest absolute Gasteiger partial charge is 0.280 e. The van der Waals surface area contributed by atoms with Crippen LogP contribution in [-0.4, -0.2) is 10.2 Å². The van der Waals surface area contributed by atoms with Gasteiger partial charge in [-0.25, -0.2) is 0 Å². The summed E-state index contributed by atoms with van der Waals surface area (Å²) in [5.74, 6) is -0.428. The number of hydrogen-bond acceptors (Lipinski definition) is 3. The summed E-state index contributed by atoms with van der Waals surface area (Å²) in [6, 6.07) is 0. The molecule has 0 spiro atoms. The van der Waals surface area contributed by atoms with Gasteiger partial charge in [-0.15, -0.1) is 0 Å². The van der Waals surface area contributed by atoms with Gasteiger partial charge in [0.25, 0.3) is 11.9 Å². The van der Waals surface area contributed by atoms with E-state index in [9.17, 15) is 10.2 Å². The summed E-state index contributed by atoms with van der Waals surface area (Å²) in [5.41, 5.74) is 0. The first kappa shape index (κ1) is 13.9. The minimum Gasteiger partial charge on any atom is -0.481 e. The Morgan fingerprint density at radius 3 is 1.67 bits per heavy atom. The van der Waals surface area contributed by atoms with Crippen molar-refractivity contribution in [3.8, 4) is 0 Å². The van der Waals surface area contributed by atoms with Gasteiger partial charge < -0.3 is 14.9 Å². The van der Waals surface area contributed by atoms with Crippen molar-refractivity contribution >= 4 is 0 Å². The molecule has 88 valence electrons. The Balaban J connectivity index is 3.78. The van der Waals surface area contributed by atoms with Crippen LogP contribution in [0.1, 0.15) is 52.4 Å². The predicted octanol–water partition coefficient (Wildman–Crippen LogP) is 4.18. The summed E-state index contributed by atoms with van der Waals surface area (Å²) >= 11 is 0. The van der Waals surface area contributed by atoms with E-state index in [2.05, 4.69) is 13.8 Å². The number of hydrogen-bond donors (Lipinski definition) is 2. The summed E-state index contributed by atoms with van der Waals surface area (Å²) in [7, 11) is 0. The molecule has 0 heterocycles. The first-order chi connectivity index (χ1) is 7.20. The van der Waals surface area contributed by atoms with Crippen molar-refractivity contribution in [3.05, 3.63) is 24.0 Å². The largest absolute Gasteiger partial charge is 0.481 e. The highest BCUT2D eigenvalue weighted by Gasteiger charge is 1.97. The molecule has 0 unspecified atom stereocenters. The normalized spacial score (nSPS) is 12.9. The molecular weight excluding hydrogens is 192 g/mol. The van der Waals surface area contributed by atoms with Crippen LogP contribution in [0.5, 0.6) is 0 Å². The van der Waals surface area contributed by atoms with Crippen LogP contribution < -0.4 is 0 Å². The molecule has 0 saturated carbocycles. The molecule has 0 amide bonds. The van der Waals surface area contributed by atoms with Crippen LogP contribution in [0.4, 0.5) is 0 Å². The lowest BCUT2D eigenvalue weighted by molar-refractivity contribution is 0.0661. The van der Waals surface area contributed by atoms with Crippen molar-refractivity contribution in [1.29, 1.82) is 0 Å². The van der Waals surface area contributed by atoms with Gasteiger partial charge in [0.2, 0.25) is 0 Å². The summed E-state index contributed by atoms with van der Waals surface area (Å²) < 4.78 is 4.78. The molecule has 0 saturated heterocycles. The van der Waals surface area contributed by atoms with Gasteiger partial charge >= 0.3 is 0 Å². The van der Waals surface area contributed by atoms with E-state index in [1.807, 2.05) is 0 Å². The van der Waals surface area contributed by atoms with Gasteiger partial charge in [0, 0.05) is 0 Å². The predicted molar refractivity (Wildman–Crippen MR) is 61.6 cm³/mol. The monoisotopic (exact) mass is 214 g/mol. The topological polar surface area (TPSA) is 49.7 Å². The lowest BCUT2D eigenvalue weighted by Gasteiger charge is -2.02. The Hall–Kier alpha value is -1.12. The second kappa shape index (κ2) is 9.44. The van der Waals surface area contributed by atoms with Gasteiger partial charge in [0.1, 0.15) is 0 Å². The van der Waals surface area contributed by atoms with Gasteiger partial charge in [0.15, 0.2) is 0 Å². The van der Waals surface area contributed by atoms with Gasteiger partial charge in [-0.2, -0.15) is 0 Å². The molecule has 0 fully saturated rings. The third-order valence-corrected chi connectivity index (χ3v) is 1.96. The molecule has 0 bridgehead atoms. The minimum atomic E-state index is -0.214. The van der Waals surface area contributed by atoms with Crippen LogP contribution in [0.3, 0.4) is 0 Å². The second-order valence-corrected chi connectivity index (χ2v) is 3.47. The summed E-state index contributed by atoms with van der Waals surface area (Å²) in [5, 5.41) is 18.5. The molecule has 0 aromatic carbocycles. The molecule has 0 rings (SSSR count). The zero-order chi connectivity index (χ0) is 11.5. The van der Waals surface area contributed by atoms with Gasteiger partial charge in [-0.05, 0) is 37.8 Å². The highest BCUT2D eigenvalue weighted by Crippen LogP contribution is 2.06. The Kier molecular flexibility index (Phi) is 8.73. The van der Waals surface area contributed by atoms with Crippen LogP contribution in [-0.2, 0) is 4.74 Å². The zero-order valence-corrected chi connectivity index (χ0v) is 9.70. The second-order valence-electron chi connectivity index (χ2n) is 3.47. The zero-order valence-electron chi connectivity index (χ0n) is 9.70. The van der Waals surface area contributed by atoms with Crippen molar-refractivity contribution in [3.63, 3.8) is 0 Å². The molecule has 0 atom stereocenters. The number of ether oxygens (including phenoxy) is 1. The fraction of sp³-hybridized carbons (Fsp3) is 0.667. The number of allylic oxidation sites excluding steroid dienone is 2. The molecule has 0 aliphatic heterocycles. The van der Waals surface area contributed by atoms with Gasteiger partial charge in [-0.1, -0.05) is 26.7 Å². The lowest BCUT2D eigenvalue weighted by atomic mass is 10.2. The van der Waals surface area contributed by atoms with E-state index in [0.717, 1.165) is 38.5 Å². The fourth-order valence-corrected chi connectivity index (χ4v) is 1.05. The van der Waals surface area contributed by atoms with Crippen LogP contribution in [0.15, 0.2) is 24.0 Å². The summed E-state index contributed by atoms with van der Waals surface area (Å²) in [6.07, 6.45) is 8.85. The van der Waals surface area contributed by atoms with E-state index in [0.29, 0.717) is 0 Å². The number of aliphatic hydroxyl groups excluding tert-OH is 2. The van der Waals surface area contributed by atoms with Crippen LogP contribution in [0.2, 0.25) is 0 Å². The third kappa shape index (κ3) is 9.19. The molecule has 0 aromatic heterocycles. The van der Waals surface area contributed by atoms with E-state index >= 15 is 0 Å². The molecule has 0 radical (unpaired) electrons. The molecular formula is C12H22O3. The molecule has 0 aliphatic carbocycles. The first-order valence-electron chi connectivity index (χ1n) is 5.66. The van der Waals surface area contributed by atoms with Crippen molar-refractivity contribution in [2.75, 3.05) is 0 Å². The molecule has 2 N–H and O–H groups in total. The van der Waals surface area contributed by atoms with Gasteiger partial charge in [-0.3, -0.25) is 0 Å². The summed E-state index contributed by atoms with van der Waals surface area (Å²) in [4.78, 5) is 0. The third-order valence-electron chi connectivity index (χ3n) is 1.96. The maximum absolute atomic E-state index is 9.24. The Morgan fingerprint density at radius 1 is 0.933 bits per heavy atom. The summed E-state index contributed by atoms with van der Waals surface area (Å²) in [6.45, 7) is 4.15. The quantitative estimate of drug-likeness (QED) is 0.470. The van der Waals surface area contributed by atoms with Crippen LogP contribution in [0, 0.1) is 0 Å². The van der Waals surface area contributed by atoms with Crippen molar-refractivity contribution in [2.24, 2.45) is 0 Å². The highest BCUT2D eigenvalue weighted by molar-refractivity contribution is 4.89. The molecule has 3 heteroatoms. The van der Waals surface area contributed by atoms with E-state index in [1.54, 1.807) is 12.2 Å². The number of rotatable bonds is 8. The van der Waals surface area contributed by atoms with Crippen molar-refractivity contribution < 1.29 is 14.9 Å². The number of unbranched alkanes of at least 4 members (excludes halogenated alkanes) is 4. The Morgan fingerprint density at radius 2 is 1.33 bits per heavy atom. The maximum Gasteiger partial charge on any atom is 0.280 e. The maximum atomic E-state index is 9.24. The minimum absolute atomic E-state index is 0.214. The van der Waals surface area contributed by atoms with Crippen molar-refractivity contribution in [2.45, 2.75) is 52.4 Å². The van der Waals surface area contributed by atoms with Crippen LogP contribution >= 0.6 is 0 Å². The Labute approximate surface area is 92.1 Å². The van der Waals surface area contributed by atoms with E-state index < -0.39 is 0 Å². The van der Waals surface area contributed by atoms with Gasteiger partial charge in [0.05, 0.1) is 0 Å². The highest BCUT2D eigenvalue weighted by atomic mass is 16.7.